The Morgan fingerprint density at radius 1 is 1.22 bits per heavy atom. The summed E-state index contributed by atoms with van der Waals surface area (Å²) in [5, 5.41) is 14.0. The van der Waals surface area contributed by atoms with Crippen molar-refractivity contribution in [1.29, 1.82) is 0 Å². The van der Waals surface area contributed by atoms with Crippen molar-refractivity contribution in [3.8, 4) is 0 Å². The number of nitro groups is 1. The zero-order chi connectivity index (χ0) is 16.7. The minimum Gasteiger partial charge on any atom is -0.383 e. The third-order valence-corrected chi connectivity index (χ3v) is 3.28. The molecule has 0 spiro atoms. The molecule has 6 heteroatoms. The number of hydrogen-bond acceptors (Lipinski definition) is 5. The number of nitrogens with zero attached hydrogens (tertiary/aromatic N) is 3. The lowest BCUT2D eigenvalue weighted by Crippen LogP contribution is -2.09. The highest BCUT2D eigenvalue weighted by Crippen LogP contribution is 2.15. The third-order valence-electron chi connectivity index (χ3n) is 3.28. The summed E-state index contributed by atoms with van der Waals surface area (Å²) in [5.74, 6) is 0. The number of non-ortho nitro benzene ring substituents is 1. The van der Waals surface area contributed by atoms with Gasteiger partial charge in [-0.05, 0) is 29.8 Å². The lowest BCUT2D eigenvalue weighted by molar-refractivity contribution is -0.384. The molecular formula is C17H20N4O2. The van der Waals surface area contributed by atoms with E-state index >= 15 is 0 Å². The lowest BCUT2D eigenvalue weighted by atomic mass is 10.2. The van der Waals surface area contributed by atoms with Crippen LogP contribution in [0, 0.1) is 10.1 Å². The lowest BCUT2D eigenvalue weighted by Gasteiger charge is -2.13. The molecule has 0 atom stereocenters. The molecule has 23 heavy (non-hydrogen) atoms. The van der Waals surface area contributed by atoms with Crippen LogP contribution < -0.4 is 10.2 Å². The van der Waals surface area contributed by atoms with E-state index in [1.54, 1.807) is 18.3 Å². The van der Waals surface area contributed by atoms with Gasteiger partial charge in [0.05, 0.1) is 11.5 Å². The average molecular weight is 312 g/mol. The van der Waals surface area contributed by atoms with Crippen LogP contribution in [0.3, 0.4) is 0 Å². The summed E-state index contributed by atoms with van der Waals surface area (Å²) in [5.41, 5.74) is 3.00. The minimum atomic E-state index is -0.406. The first kappa shape index (κ1) is 16.5. The zero-order valence-electron chi connectivity index (χ0n) is 13.3. The first-order valence-electron chi connectivity index (χ1n) is 7.32. The molecule has 0 aliphatic heterocycles. The molecule has 6 nitrogen and oxygen atoms in total. The zero-order valence-corrected chi connectivity index (χ0v) is 13.3. The minimum absolute atomic E-state index is 0.0769. The molecule has 0 saturated carbocycles. The van der Waals surface area contributed by atoms with E-state index in [-0.39, 0.29) is 5.69 Å². The molecule has 0 unspecified atom stereocenters. The molecular weight excluding hydrogens is 292 g/mol. The standard InChI is InChI=1S/C17H20N4O2/c1-20(2)16-8-6-15(7-9-16)19-11-10-18-13-14-4-3-5-17(12-14)21(22)23/h3-9,12-13,19H,10-11H2,1-2H3. The number of hydrogen-bond donors (Lipinski definition) is 1. The Morgan fingerprint density at radius 3 is 2.61 bits per heavy atom. The Bertz CT molecular complexity index is 681. The van der Waals surface area contributed by atoms with Gasteiger partial charge in [-0.25, -0.2) is 0 Å². The maximum atomic E-state index is 10.7. The summed E-state index contributed by atoms with van der Waals surface area (Å²) in [6.45, 7) is 1.30. The maximum Gasteiger partial charge on any atom is 0.270 e. The van der Waals surface area contributed by atoms with Crippen LogP contribution in [0.1, 0.15) is 5.56 Å². The molecule has 120 valence electrons. The van der Waals surface area contributed by atoms with Gasteiger partial charge in [-0.2, -0.15) is 0 Å². The Kier molecular flexibility index (Phi) is 5.68. The number of nitrogens with one attached hydrogen (secondary N) is 1. The highest BCUT2D eigenvalue weighted by Gasteiger charge is 2.03. The second kappa shape index (κ2) is 7.93. The predicted octanol–water partition coefficient (Wildman–Crippen LogP) is 3.19. The van der Waals surface area contributed by atoms with Crippen molar-refractivity contribution in [1.82, 2.24) is 0 Å². The number of aliphatic imine (C=N–C) groups is 1. The van der Waals surface area contributed by atoms with Crippen molar-refractivity contribution in [2.45, 2.75) is 0 Å². The van der Waals surface area contributed by atoms with E-state index in [1.165, 1.54) is 12.1 Å². The molecule has 2 aromatic carbocycles. The van der Waals surface area contributed by atoms with Gasteiger partial charge in [0.25, 0.3) is 5.69 Å². The van der Waals surface area contributed by atoms with E-state index in [1.807, 2.05) is 31.1 Å². The van der Waals surface area contributed by atoms with Gasteiger partial charge in [-0.1, -0.05) is 12.1 Å². The molecule has 0 aliphatic carbocycles. The van der Waals surface area contributed by atoms with Crippen molar-refractivity contribution < 1.29 is 4.92 Å². The Balaban J connectivity index is 1.80. The smallest absolute Gasteiger partial charge is 0.270 e. The molecule has 0 bridgehead atoms. The number of anilines is 2. The topological polar surface area (TPSA) is 70.8 Å². The Morgan fingerprint density at radius 2 is 1.96 bits per heavy atom. The predicted molar refractivity (Wildman–Crippen MR) is 94.8 cm³/mol. The van der Waals surface area contributed by atoms with Crippen molar-refractivity contribution in [2.24, 2.45) is 4.99 Å². The van der Waals surface area contributed by atoms with E-state index < -0.39 is 4.92 Å². The maximum absolute atomic E-state index is 10.7. The first-order valence-corrected chi connectivity index (χ1v) is 7.32. The molecule has 2 rings (SSSR count). The van der Waals surface area contributed by atoms with Gasteiger partial charge in [0.15, 0.2) is 0 Å². The molecule has 0 fully saturated rings. The number of benzene rings is 2. The molecule has 0 aromatic heterocycles. The van der Waals surface area contributed by atoms with Crippen LogP contribution in [0.2, 0.25) is 0 Å². The molecule has 0 aliphatic rings. The van der Waals surface area contributed by atoms with E-state index in [9.17, 15) is 10.1 Å². The normalized spacial score (nSPS) is 10.7. The average Bonchev–Trinajstić information content (AvgIpc) is 2.55. The van der Waals surface area contributed by atoms with Crippen LogP contribution in [0.25, 0.3) is 0 Å². The third kappa shape index (κ3) is 5.10. The number of nitro benzene ring substituents is 1. The molecule has 0 amide bonds. The summed E-state index contributed by atoms with van der Waals surface area (Å²) in [6, 6.07) is 14.6. The highest BCUT2D eigenvalue weighted by atomic mass is 16.6. The van der Waals surface area contributed by atoms with Crippen LogP contribution in [0.4, 0.5) is 17.1 Å². The van der Waals surface area contributed by atoms with Crippen LogP contribution >= 0.6 is 0 Å². The second-order valence-corrected chi connectivity index (χ2v) is 5.26. The van der Waals surface area contributed by atoms with Gasteiger partial charge < -0.3 is 10.2 Å². The second-order valence-electron chi connectivity index (χ2n) is 5.26. The quantitative estimate of drug-likeness (QED) is 0.369. The first-order chi connectivity index (χ1) is 11.1. The molecule has 2 aromatic rings. The fourth-order valence-corrected chi connectivity index (χ4v) is 2.03. The number of rotatable bonds is 7. The Hall–Kier alpha value is -2.89. The monoisotopic (exact) mass is 312 g/mol. The Labute approximate surface area is 135 Å². The van der Waals surface area contributed by atoms with Gasteiger partial charge in [-0.15, -0.1) is 0 Å². The van der Waals surface area contributed by atoms with Gasteiger partial charge in [0.1, 0.15) is 0 Å². The van der Waals surface area contributed by atoms with Gasteiger partial charge in [0, 0.05) is 50.4 Å². The summed E-state index contributed by atoms with van der Waals surface area (Å²) >= 11 is 0. The fourth-order valence-electron chi connectivity index (χ4n) is 2.03. The summed E-state index contributed by atoms with van der Waals surface area (Å²) in [4.78, 5) is 16.6. The molecule has 0 heterocycles. The van der Waals surface area contributed by atoms with Crippen LogP contribution in [-0.2, 0) is 0 Å². The van der Waals surface area contributed by atoms with Gasteiger partial charge in [0.2, 0.25) is 0 Å². The van der Waals surface area contributed by atoms with Crippen LogP contribution in [-0.4, -0.2) is 38.3 Å². The largest absolute Gasteiger partial charge is 0.383 e. The molecule has 0 radical (unpaired) electrons. The highest BCUT2D eigenvalue weighted by molar-refractivity contribution is 5.80. The summed E-state index contributed by atoms with van der Waals surface area (Å²) < 4.78 is 0. The van der Waals surface area contributed by atoms with E-state index in [0.717, 1.165) is 16.9 Å². The molecule has 1 N–H and O–H groups in total. The molecule has 0 saturated heterocycles. The van der Waals surface area contributed by atoms with E-state index in [4.69, 9.17) is 0 Å². The SMILES string of the molecule is CN(C)c1ccc(NCCN=Cc2cccc([N+](=O)[O-])c2)cc1. The van der Waals surface area contributed by atoms with Crippen molar-refractivity contribution in [2.75, 3.05) is 37.4 Å². The van der Waals surface area contributed by atoms with Crippen molar-refractivity contribution in [3.05, 3.63) is 64.2 Å². The van der Waals surface area contributed by atoms with Crippen molar-refractivity contribution >= 4 is 23.3 Å². The van der Waals surface area contributed by atoms with Crippen LogP contribution in [0.5, 0.6) is 0 Å². The van der Waals surface area contributed by atoms with Gasteiger partial charge in [-0.3, -0.25) is 15.1 Å². The van der Waals surface area contributed by atoms with Gasteiger partial charge >= 0.3 is 0 Å². The summed E-state index contributed by atoms with van der Waals surface area (Å²) in [7, 11) is 4.01. The van der Waals surface area contributed by atoms with Crippen LogP contribution in [0.15, 0.2) is 53.5 Å². The summed E-state index contributed by atoms with van der Waals surface area (Å²) in [6.07, 6.45) is 1.66. The van der Waals surface area contributed by atoms with E-state index in [0.29, 0.717) is 13.1 Å². The van der Waals surface area contributed by atoms with Crippen molar-refractivity contribution in [3.63, 3.8) is 0 Å². The fraction of sp³-hybridized carbons (Fsp3) is 0.235. The van der Waals surface area contributed by atoms with E-state index in [2.05, 4.69) is 22.4 Å².